The lowest BCUT2D eigenvalue weighted by Gasteiger charge is -2.34. The highest BCUT2D eigenvalue weighted by Gasteiger charge is 2.41. The van der Waals surface area contributed by atoms with Crippen LogP contribution in [-0.2, 0) is 0 Å². The van der Waals surface area contributed by atoms with Crippen LogP contribution < -0.4 is 20.7 Å². The van der Waals surface area contributed by atoms with Gasteiger partial charge in [0.2, 0.25) is 0 Å². The molecule has 0 aliphatic carbocycles. The molecule has 208 valence electrons. The van der Waals surface area contributed by atoms with Gasteiger partial charge in [-0.25, -0.2) is 0 Å². The first kappa shape index (κ1) is 28.2. The summed E-state index contributed by atoms with van der Waals surface area (Å²) in [5, 5.41) is 5.51. The summed E-state index contributed by atoms with van der Waals surface area (Å²) in [5.41, 5.74) is 7.38. The summed E-state index contributed by atoms with van der Waals surface area (Å²) < 4.78 is 0. The van der Waals surface area contributed by atoms with E-state index in [0.29, 0.717) is 0 Å². The van der Waals surface area contributed by atoms with Crippen LogP contribution in [0.1, 0.15) is 33.4 Å². The molecule has 0 unspecified atom stereocenters. The van der Waals surface area contributed by atoms with Crippen LogP contribution in [0.5, 0.6) is 0 Å². The maximum Gasteiger partial charge on any atom is 0.179 e. The van der Waals surface area contributed by atoms with Crippen molar-refractivity contribution in [2.24, 2.45) is 0 Å². The summed E-state index contributed by atoms with van der Waals surface area (Å²) in [6, 6.07) is 58.0. The highest BCUT2D eigenvalue weighted by Crippen LogP contribution is 2.15. The first-order chi connectivity index (χ1) is 21.1. The zero-order valence-electron chi connectivity index (χ0n) is 24.8. The van der Waals surface area contributed by atoms with Crippen molar-refractivity contribution in [3.8, 4) is 0 Å². The van der Waals surface area contributed by atoms with E-state index < -0.39 is 8.07 Å². The first-order valence-corrected chi connectivity index (χ1v) is 16.9. The molecule has 43 heavy (non-hydrogen) atoms. The molecule has 6 rings (SSSR count). The Hall–Kier alpha value is -4.98. The van der Waals surface area contributed by atoms with Gasteiger partial charge in [0.05, 0.1) is 0 Å². The van der Waals surface area contributed by atoms with Crippen molar-refractivity contribution in [3.05, 3.63) is 191 Å². The molecule has 0 bridgehead atoms. The molecular weight excluding hydrogens is 533 g/mol. The van der Waals surface area contributed by atoms with Gasteiger partial charge in [0.1, 0.15) is 0 Å². The molecule has 6 aromatic carbocycles. The Kier molecular flexibility index (Phi) is 8.44. The van der Waals surface area contributed by atoms with Gasteiger partial charge in [-0.3, -0.25) is 0 Å². The largest absolute Gasteiger partial charge is 0.179 e. The molecule has 6 aromatic rings. The van der Waals surface area contributed by atoms with E-state index in [1.807, 2.05) is 0 Å². The van der Waals surface area contributed by atoms with Crippen LogP contribution in [0.4, 0.5) is 0 Å². The van der Waals surface area contributed by atoms with Gasteiger partial charge in [0.25, 0.3) is 0 Å². The Morgan fingerprint density at radius 3 is 0.860 bits per heavy atom. The number of hydrogen-bond acceptors (Lipinski definition) is 0. The summed E-state index contributed by atoms with van der Waals surface area (Å²) in [6.07, 6.45) is 8.79. The van der Waals surface area contributed by atoms with Gasteiger partial charge in [-0.2, -0.15) is 0 Å². The van der Waals surface area contributed by atoms with Crippen molar-refractivity contribution in [2.75, 3.05) is 0 Å². The monoisotopic (exact) mass is 568 g/mol. The summed E-state index contributed by atoms with van der Waals surface area (Å²) in [4.78, 5) is 0. The normalized spacial score (nSPS) is 11.8. The van der Waals surface area contributed by atoms with Crippen molar-refractivity contribution in [3.63, 3.8) is 0 Å². The van der Waals surface area contributed by atoms with E-state index in [2.05, 4.69) is 196 Å². The molecule has 0 N–H and O–H groups in total. The van der Waals surface area contributed by atoms with Crippen molar-refractivity contribution >= 4 is 53.1 Å². The third kappa shape index (κ3) is 6.28. The van der Waals surface area contributed by atoms with Crippen LogP contribution in [0.2, 0.25) is 0 Å². The minimum absolute atomic E-state index is 1.20. The molecule has 0 aliphatic heterocycles. The fourth-order valence-corrected chi connectivity index (χ4v) is 10.5. The summed E-state index contributed by atoms with van der Waals surface area (Å²) in [7, 11) is -2.58. The molecule has 0 atom stereocenters. The van der Waals surface area contributed by atoms with Crippen LogP contribution in [0.3, 0.4) is 0 Å². The van der Waals surface area contributed by atoms with Crippen molar-refractivity contribution in [1.29, 1.82) is 0 Å². The zero-order chi connectivity index (χ0) is 29.5. The Balaban J connectivity index is 1.43. The summed E-state index contributed by atoms with van der Waals surface area (Å²) >= 11 is 0. The number of hydrogen-bond donors (Lipinski definition) is 0. The average Bonchev–Trinajstić information content (AvgIpc) is 3.07. The SMILES string of the molecule is Cc1ccc(/C=C/c2ccc([Si](c3ccccc3)(c3ccccc3)c3ccc(/C=C/c4ccc(C)cc4)cc3)cc2)cc1. The minimum Gasteiger partial charge on any atom is -0.0623 e. The topological polar surface area (TPSA) is 0 Å². The lowest BCUT2D eigenvalue weighted by Crippen LogP contribution is -2.74. The molecule has 0 fully saturated rings. The highest BCUT2D eigenvalue weighted by atomic mass is 28.3. The maximum absolute atomic E-state index is 2.58. The van der Waals surface area contributed by atoms with E-state index in [1.54, 1.807) is 0 Å². The van der Waals surface area contributed by atoms with Gasteiger partial charge in [-0.05, 0) is 56.8 Å². The quantitative estimate of drug-likeness (QED) is 0.0991. The smallest absolute Gasteiger partial charge is 0.0623 e. The number of rotatable bonds is 8. The number of aryl methyl sites for hydroxylation is 2. The van der Waals surface area contributed by atoms with Gasteiger partial charge in [0, 0.05) is 0 Å². The molecule has 0 saturated heterocycles. The molecule has 0 aromatic heterocycles. The van der Waals surface area contributed by atoms with E-state index in [9.17, 15) is 0 Å². The molecular formula is C42H36Si. The predicted octanol–water partition coefficient (Wildman–Crippen LogP) is 8.02. The number of benzene rings is 6. The Morgan fingerprint density at radius 2 is 0.558 bits per heavy atom. The molecule has 0 heterocycles. The minimum atomic E-state index is -2.58. The van der Waals surface area contributed by atoms with Crippen molar-refractivity contribution < 1.29 is 0 Å². The fraction of sp³-hybridized carbons (Fsp3) is 0.0476. The molecule has 0 nitrogen and oxygen atoms in total. The van der Waals surface area contributed by atoms with Gasteiger partial charge >= 0.3 is 0 Å². The van der Waals surface area contributed by atoms with Crippen LogP contribution in [0.15, 0.2) is 158 Å². The summed E-state index contributed by atoms with van der Waals surface area (Å²) in [6.45, 7) is 4.25. The van der Waals surface area contributed by atoms with Crippen LogP contribution in [0, 0.1) is 13.8 Å². The van der Waals surface area contributed by atoms with E-state index in [1.165, 1.54) is 54.1 Å². The molecule has 1 heteroatoms. The van der Waals surface area contributed by atoms with Crippen LogP contribution >= 0.6 is 0 Å². The first-order valence-electron chi connectivity index (χ1n) is 14.9. The standard InChI is InChI=1S/C42H36Si/c1-33-13-17-35(18-14-33)21-23-37-25-29-41(30-26-37)43(39-9-5-3-6-10-39,40-11-7-4-8-12-40)42-31-27-38(28-32-42)24-22-36-19-15-34(2)16-20-36/h3-32H,1-2H3/b23-21+,24-22+. The third-order valence-corrected chi connectivity index (χ3v) is 13.0. The van der Waals surface area contributed by atoms with Crippen LogP contribution in [0.25, 0.3) is 24.3 Å². The van der Waals surface area contributed by atoms with Crippen LogP contribution in [-0.4, -0.2) is 8.07 Å². The second kappa shape index (κ2) is 12.9. The van der Waals surface area contributed by atoms with Gasteiger partial charge in [-0.1, -0.05) is 193 Å². The van der Waals surface area contributed by atoms with Crippen molar-refractivity contribution in [1.82, 2.24) is 0 Å². The lowest BCUT2D eigenvalue weighted by molar-refractivity contribution is 1.46. The maximum atomic E-state index is 2.35. The average molecular weight is 569 g/mol. The Morgan fingerprint density at radius 1 is 0.302 bits per heavy atom. The molecule has 0 amide bonds. The van der Waals surface area contributed by atoms with Crippen molar-refractivity contribution in [2.45, 2.75) is 13.8 Å². The zero-order valence-corrected chi connectivity index (χ0v) is 25.8. The fourth-order valence-electron chi connectivity index (χ4n) is 5.80. The molecule has 0 spiro atoms. The Labute approximate surface area is 257 Å². The van der Waals surface area contributed by atoms with E-state index in [0.717, 1.165) is 0 Å². The molecule has 0 aliphatic rings. The second-order valence-electron chi connectivity index (χ2n) is 11.2. The van der Waals surface area contributed by atoms with Gasteiger partial charge in [-0.15, -0.1) is 0 Å². The van der Waals surface area contributed by atoms with Gasteiger partial charge in [0.15, 0.2) is 8.07 Å². The lowest BCUT2D eigenvalue weighted by atomic mass is 10.1. The van der Waals surface area contributed by atoms with E-state index in [-0.39, 0.29) is 0 Å². The second-order valence-corrected chi connectivity index (χ2v) is 15.0. The molecule has 0 radical (unpaired) electrons. The van der Waals surface area contributed by atoms with E-state index >= 15 is 0 Å². The summed E-state index contributed by atoms with van der Waals surface area (Å²) in [5.74, 6) is 0. The molecule has 0 saturated carbocycles. The van der Waals surface area contributed by atoms with Gasteiger partial charge < -0.3 is 0 Å². The van der Waals surface area contributed by atoms with E-state index in [4.69, 9.17) is 0 Å². The Bertz CT molecular complexity index is 1670. The third-order valence-electron chi connectivity index (χ3n) is 8.19. The predicted molar refractivity (Wildman–Crippen MR) is 190 cm³/mol. The highest BCUT2D eigenvalue weighted by molar-refractivity contribution is 7.19.